The molecule has 3 saturated carbocycles. The zero-order chi connectivity index (χ0) is 15.9. The lowest BCUT2D eigenvalue weighted by Gasteiger charge is -2.58. The number of allylic oxidation sites excluding steroid dienone is 1. The van der Waals surface area contributed by atoms with E-state index < -0.39 is 5.60 Å². The van der Waals surface area contributed by atoms with E-state index in [1.54, 1.807) is 0 Å². The van der Waals surface area contributed by atoms with Crippen molar-refractivity contribution >= 4 is 6.08 Å². The molecular weight excluding hydrogens is 288 g/mol. The van der Waals surface area contributed by atoms with Crippen LogP contribution in [0.5, 0.6) is 0 Å². The maximum absolute atomic E-state index is 10.9. The van der Waals surface area contributed by atoms with E-state index in [0.717, 1.165) is 31.4 Å². The van der Waals surface area contributed by atoms with Crippen molar-refractivity contribution in [2.45, 2.75) is 57.0 Å². The predicted molar refractivity (Wildman–Crippen MR) is 87.7 cm³/mol. The molecule has 2 bridgehead atoms. The van der Waals surface area contributed by atoms with Crippen LogP contribution in [-0.4, -0.2) is 22.4 Å². The molecule has 0 saturated heterocycles. The fourth-order valence-corrected chi connectivity index (χ4v) is 7.06. The van der Waals surface area contributed by atoms with E-state index in [1.807, 2.05) is 6.26 Å². The predicted octanol–water partition coefficient (Wildman–Crippen LogP) is 3.72. The summed E-state index contributed by atoms with van der Waals surface area (Å²) in [5, 5.41) is 20.7. The molecule has 4 aliphatic rings. The van der Waals surface area contributed by atoms with Crippen LogP contribution in [0, 0.1) is 22.7 Å². The largest absolute Gasteiger partial charge is 0.465 e. The van der Waals surface area contributed by atoms with Crippen molar-refractivity contribution in [3.05, 3.63) is 29.7 Å². The normalized spacial score (nSPS) is 50.3. The van der Waals surface area contributed by atoms with Gasteiger partial charge in [0.15, 0.2) is 0 Å². The Morgan fingerprint density at radius 3 is 3.00 bits per heavy atom. The third-order valence-corrected chi connectivity index (χ3v) is 8.02. The van der Waals surface area contributed by atoms with Crippen molar-refractivity contribution in [3.63, 3.8) is 0 Å². The van der Waals surface area contributed by atoms with E-state index in [0.29, 0.717) is 17.8 Å². The lowest BCUT2D eigenvalue weighted by molar-refractivity contribution is -0.0517. The number of fused-ring (bicyclic) bond motifs is 5. The van der Waals surface area contributed by atoms with Gasteiger partial charge in [-0.1, -0.05) is 13.0 Å². The molecule has 1 aromatic rings. The van der Waals surface area contributed by atoms with Crippen molar-refractivity contribution < 1.29 is 14.6 Å². The Kier molecular flexibility index (Phi) is 2.68. The van der Waals surface area contributed by atoms with E-state index in [4.69, 9.17) is 4.42 Å². The van der Waals surface area contributed by atoms with Crippen molar-refractivity contribution in [2.75, 3.05) is 6.61 Å². The maximum atomic E-state index is 10.9. The molecule has 5 rings (SSSR count). The number of rotatable bonds is 1. The topological polar surface area (TPSA) is 53.6 Å². The van der Waals surface area contributed by atoms with Crippen LogP contribution in [0.1, 0.15) is 62.7 Å². The van der Waals surface area contributed by atoms with Gasteiger partial charge >= 0.3 is 0 Å². The highest BCUT2D eigenvalue weighted by atomic mass is 16.3. The fraction of sp³-hybridized carbons (Fsp3) is 0.700. The summed E-state index contributed by atoms with van der Waals surface area (Å²) >= 11 is 0. The number of hydrogen-bond acceptors (Lipinski definition) is 3. The van der Waals surface area contributed by atoms with Crippen LogP contribution in [0.2, 0.25) is 0 Å². The quantitative estimate of drug-likeness (QED) is 0.830. The zero-order valence-electron chi connectivity index (χ0n) is 13.8. The van der Waals surface area contributed by atoms with E-state index in [1.165, 1.54) is 18.4 Å². The van der Waals surface area contributed by atoms with Gasteiger partial charge < -0.3 is 14.6 Å². The fourth-order valence-electron chi connectivity index (χ4n) is 7.06. The lowest BCUT2D eigenvalue weighted by Crippen LogP contribution is -2.49. The molecule has 0 amide bonds. The van der Waals surface area contributed by atoms with Crippen molar-refractivity contribution in [2.24, 2.45) is 22.7 Å². The number of aliphatic hydroxyl groups is 2. The SMILES string of the molecule is C[C@@]12C=Cc3occc3[C@@H]1CC[C@]13C[C@H](CC[C@@H]12)[C@](O)(CO)C3. The molecule has 2 N–H and O–H groups in total. The van der Waals surface area contributed by atoms with Crippen LogP contribution in [0.4, 0.5) is 0 Å². The second kappa shape index (κ2) is 4.31. The molecule has 0 aromatic carbocycles. The van der Waals surface area contributed by atoms with Gasteiger partial charge in [-0.2, -0.15) is 0 Å². The molecule has 124 valence electrons. The maximum Gasteiger partial charge on any atom is 0.129 e. The average Bonchev–Trinajstić information content (AvgIpc) is 3.09. The first kappa shape index (κ1) is 14.3. The van der Waals surface area contributed by atoms with Crippen LogP contribution < -0.4 is 0 Å². The van der Waals surface area contributed by atoms with Gasteiger partial charge in [-0.25, -0.2) is 0 Å². The summed E-state index contributed by atoms with van der Waals surface area (Å²) in [6.07, 6.45) is 12.9. The Morgan fingerprint density at radius 2 is 2.17 bits per heavy atom. The third kappa shape index (κ3) is 1.63. The average molecular weight is 314 g/mol. The standard InChI is InChI=1S/C20H26O3/c1-18-7-5-16-14(6-9-23-16)15(18)4-8-19-10-13(2-3-17(18)19)20(22,11-19)12-21/h5-7,9,13,15,17,21-22H,2-4,8,10-12H2,1H3/t13-,15-,17+,18+,19+,20+/m0/s1. The minimum absolute atomic E-state index is 0.0754. The van der Waals surface area contributed by atoms with Crippen LogP contribution >= 0.6 is 0 Å². The molecular formula is C20H26O3. The molecule has 0 aliphatic heterocycles. The smallest absolute Gasteiger partial charge is 0.129 e. The van der Waals surface area contributed by atoms with Gasteiger partial charge in [0.25, 0.3) is 0 Å². The zero-order valence-corrected chi connectivity index (χ0v) is 13.8. The van der Waals surface area contributed by atoms with E-state index in [9.17, 15) is 10.2 Å². The second-order valence-corrected chi connectivity index (χ2v) is 8.86. The minimum Gasteiger partial charge on any atom is -0.465 e. The molecule has 1 heterocycles. The van der Waals surface area contributed by atoms with Crippen LogP contribution in [0.3, 0.4) is 0 Å². The molecule has 0 radical (unpaired) electrons. The molecule has 4 aliphatic carbocycles. The number of furan rings is 1. The number of hydrogen-bond donors (Lipinski definition) is 2. The van der Waals surface area contributed by atoms with Gasteiger partial charge in [0.2, 0.25) is 0 Å². The van der Waals surface area contributed by atoms with Gasteiger partial charge in [-0.3, -0.25) is 0 Å². The summed E-state index contributed by atoms with van der Waals surface area (Å²) in [5.41, 5.74) is 0.914. The Hall–Kier alpha value is -1.06. The minimum atomic E-state index is -0.836. The van der Waals surface area contributed by atoms with Crippen molar-refractivity contribution in [1.29, 1.82) is 0 Å². The van der Waals surface area contributed by atoms with Gasteiger partial charge in [0.05, 0.1) is 18.5 Å². The summed E-state index contributed by atoms with van der Waals surface area (Å²) in [7, 11) is 0. The molecule has 3 heteroatoms. The van der Waals surface area contributed by atoms with Crippen molar-refractivity contribution in [3.8, 4) is 0 Å². The van der Waals surface area contributed by atoms with Gasteiger partial charge in [0.1, 0.15) is 5.76 Å². The first-order valence-electron chi connectivity index (χ1n) is 9.11. The van der Waals surface area contributed by atoms with Crippen LogP contribution in [-0.2, 0) is 0 Å². The third-order valence-electron chi connectivity index (χ3n) is 8.02. The summed E-state index contributed by atoms with van der Waals surface area (Å²) in [4.78, 5) is 0. The summed E-state index contributed by atoms with van der Waals surface area (Å²) in [5.74, 6) is 2.47. The monoisotopic (exact) mass is 314 g/mol. The molecule has 6 atom stereocenters. The summed E-state index contributed by atoms with van der Waals surface area (Å²) < 4.78 is 5.64. The highest BCUT2D eigenvalue weighted by Gasteiger charge is 2.65. The van der Waals surface area contributed by atoms with Gasteiger partial charge in [-0.05, 0) is 79.3 Å². The summed E-state index contributed by atoms with van der Waals surface area (Å²) in [6, 6.07) is 2.16. The molecule has 1 spiro atoms. The molecule has 0 unspecified atom stereocenters. The Balaban J connectivity index is 1.58. The van der Waals surface area contributed by atoms with E-state index in [-0.39, 0.29) is 17.4 Å². The molecule has 1 aromatic heterocycles. The Labute approximate surface area is 137 Å². The first-order chi connectivity index (χ1) is 11.0. The number of aliphatic hydroxyl groups excluding tert-OH is 1. The lowest BCUT2D eigenvalue weighted by atomic mass is 9.46. The highest BCUT2D eigenvalue weighted by Crippen LogP contribution is 2.71. The van der Waals surface area contributed by atoms with Gasteiger partial charge in [0, 0.05) is 5.56 Å². The van der Waals surface area contributed by atoms with E-state index in [2.05, 4.69) is 25.1 Å². The second-order valence-electron chi connectivity index (χ2n) is 8.86. The van der Waals surface area contributed by atoms with Crippen molar-refractivity contribution in [1.82, 2.24) is 0 Å². The highest BCUT2D eigenvalue weighted by molar-refractivity contribution is 5.55. The Morgan fingerprint density at radius 1 is 1.30 bits per heavy atom. The Bertz CT molecular complexity index is 676. The van der Waals surface area contributed by atoms with Crippen LogP contribution in [0.15, 0.2) is 22.8 Å². The molecule has 3 nitrogen and oxygen atoms in total. The van der Waals surface area contributed by atoms with Crippen LogP contribution in [0.25, 0.3) is 6.08 Å². The first-order valence-corrected chi connectivity index (χ1v) is 9.11. The van der Waals surface area contributed by atoms with Gasteiger partial charge in [-0.15, -0.1) is 0 Å². The summed E-state index contributed by atoms with van der Waals surface area (Å²) in [6.45, 7) is 2.35. The molecule has 23 heavy (non-hydrogen) atoms. The van der Waals surface area contributed by atoms with E-state index >= 15 is 0 Å². The molecule has 3 fully saturated rings.